The Hall–Kier alpha value is -1.75. The lowest BCUT2D eigenvalue weighted by Gasteiger charge is -2.37. The summed E-state index contributed by atoms with van der Waals surface area (Å²) in [6.07, 6.45) is 1.80. The molecule has 25 heavy (non-hydrogen) atoms. The number of amides is 1. The van der Waals surface area contributed by atoms with Crippen molar-refractivity contribution in [3.63, 3.8) is 0 Å². The minimum atomic E-state index is -0.473. The van der Waals surface area contributed by atoms with Gasteiger partial charge in [-0.25, -0.2) is 4.79 Å². The largest absolute Gasteiger partial charge is 0.494 e. The van der Waals surface area contributed by atoms with Gasteiger partial charge in [-0.3, -0.25) is 0 Å². The van der Waals surface area contributed by atoms with E-state index in [1.165, 1.54) is 0 Å². The number of carbonyl (C=O) groups excluding carboxylic acids is 1. The molecule has 2 N–H and O–H groups in total. The number of carbonyl (C=O) groups is 1. The number of rotatable bonds is 5. The van der Waals surface area contributed by atoms with Crippen LogP contribution in [0.2, 0.25) is 0 Å². The Morgan fingerprint density at radius 1 is 1.36 bits per heavy atom. The highest BCUT2D eigenvalue weighted by Crippen LogP contribution is 2.36. The Bertz CT molecular complexity index is 568. The fourth-order valence-electron chi connectivity index (χ4n) is 3.48. The molecule has 2 unspecified atom stereocenters. The molecular formula is C20H32N2O3. The maximum Gasteiger partial charge on any atom is 0.410 e. The van der Waals surface area contributed by atoms with Gasteiger partial charge in [0.15, 0.2) is 0 Å². The van der Waals surface area contributed by atoms with Crippen LogP contribution in [0.5, 0.6) is 5.75 Å². The predicted octanol–water partition coefficient (Wildman–Crippen LogP) is 3.77. The number of nitrogens with two attached hydrogens (primary N) is 1. The maximum absolute atomic E-state index is 12.4. The molecule has 5 nitrogen and oxygen atoms in total. The fourth-order valence-corrected chi connectivity index (χ4v) is 3.48. The number of piperidine rings is 1. The van der Waals surface area contributed by atoms with E-state index in [0.717, 1.165) is 30.7 Å². The van der Waals surface area contributed by atoms with E-state index in [1.54, 1.807) is 0 Å². The molecule has 0 bridgehead atoms. The Kier molecular flexibility index (Phi) is 6.71. The minimum Gasteiger partial charge on any atom is -0.494 e. The second-order valence-electron chi connectivity index (χ2n) is 7.64. The van der Waals surface area contributed by atoms with Crippen molar-refractivity contribution in [2.24, 2.45) is 11.7 Å². The second kappa shape index (κ2) is 8.56. The number of hydrogen-bond donors (Lipinski definition) is 1. The van der Waals surface area contributed by atoms with E-state index in [4.69, 9.17) is 15.2 Å². The van der Waals surface area contributed by atoms with Gasteiger partial charge in [-0.15, -0.1) is 0 Å². The summed E-state index contributed by atoms with van der Waals surface area (Å²) in [6.45, 7) is 10.3. The summed E-state index contributed by atoms with van der Waals surface area (Å²) in [5.74, 6) is 1.38. The van der Waals surface area contributed by atoms with Crippen LogP contribution in [0.1, 0.15) is 52.0 Å². The van der Waals surface area contributed by atoms with Gasteiger partial charge in [0.2, 0.25) is 0 Å². The van der Waals surface area contributed by atoms with Gasteiger partial charge in [0.1, 0.15) is 11.4 Å². The molecule has 2 atom stereocenters. The van der Waals surface area contributed by atoms with Crippen LogP contribution in [-0.4, -0.2) is 42.8 Å². The lowest BCUT2D eigenvalue weighted by atomic mass is 9.80. The van der Waals surface area contributed by atoms with Gasteiger partial charge < -0.3 is 20.1 Å². The van der Waals surface area contributed by atoms with Gasteiger partial charge in [0.25, 0.3) is 0 Å². The van der Waals surface area contributed by atoms with Crippen LogP contribution in [0, 0.1) is 5.92 Å². The summed E-state index contributed by atoms with van der Waals surface area (Å²) in [5.41, 5.74) is 6.80. The zero-order chi connectivity index (χ0) is 18.4. The van der Waals surface area contributed by atoms with Gasteiger partial charge >= 0.3 is 6.09 Å². The number of likely N-dealkylation sites (tertiary alicyclic amines) is 1. The number of para-hydroxylation sites is 1. The monoisotopic (exact) mass is 348 g/mol. The van der Waals surface area contributed by atoms with Gasteiger partial charge in [-0.05, 0) is 64.6 Å². The van der Waals surface area contributed by atoms with E-state index in [9.17, 15) is 4.79 Å². The smallest absolute Gasteiger partial charge is 0.410 e. The summed E-state index contributed by atoms with van der Waals surface area (Å²) in [7, 11) is 0. The van der Waals surface area contributed by atoms with E-state index in [2.05, 4.69) is 6.07 Å². The molecule has 0 radical (unpaired) electrons. The normalized spacial score (nSPS) is 19.4. The maximum atomic E-state index is 12.4. The first-order chi connectivity index (χ1) is 11.9. The molecule has 0 saturated carbocycles. The molecule has 1 heterocycles. The Balaban J connectivity index is 2.14. The third-order valence-corrected chi connectivity index (χ3v) is 4.55. The van der Waals surface area contributed by atoms with Gasteiger partial charge in [-0.1, -0.05) is 18.2 Å². The minimum absolute atomic E-state index is 0.174. The average Bonchev–Trinajstić information content (AvgIpc) is 2.56. The van der Waals surface area contributed by atoms with Crippen molar-refractivity contribution < 1.29 is 14.3 Å². The molecule has 0 spiro atoms. The Morgan fingerprint density at radius 2 is 2.08 bits per heavy atom. The molecule has 1 amide bonds. The van der Waals surface area contributed by atoms with Crippen molar-refractivity contribution in [2.45, 2.75) is 52.1 Å². The highest BCUT2D eigenvalue weighted by atomic mass is 16.6. The van der Waals surface area contributed by atoms with Crippen LogP contribution in [0.25, 0.3) is 0 Å². The van der Waals surface area contributed by atoms with Crippen molar-refractivity contribution in [2.75, 3.05) is 26.2 Å². The van der Waals surface area contributed by atoms with Crippen molar-refractivity contribution in [1.29, 1.82) is 0 Å². The zero-order valence-electron chi connectivity index (χ0n) is 16.0. The third kappa shape index (κ3) is 5.36. The topological polar surface area (TPSA) is 64.8 Å². The van der Waals surface area contributed by atoms with Gasteiger partial charge in [-0.2, -0.15) is 0 Å². The van der Waals surface area contributed by atoms with Crippen molar-refractivity contribution in [1.82, 2.24) is 4.90 Å². The summed E-state index contributed by atoms with van der Waals surface area (Å²) >= 11 is 0. The lowest BCUT2D eigenvalue weighted by molar-refractivity contribution is 0.0152. The first-order valence-electron chi connectivity index (χ1n) is 9.25. The van der Waals surface area contributed by atoms with E-state index >= 15 is 0 Å². The van der Waals surface area contributed by atoms with Gasteiger partial charge in [0.05, 0.1) is 6.61 Å². The molecular weight excluding hydrogens is 316 g/mol. The van der Waals surface area contributed by atoms with Crippen LogP contribution in [0.15, 0.2) is 24.3 Å². The van der Waals surface area contributed by atoms with E-state index in [0.29, 0.717) is 25.6 Å². The summed E-state index contributed by atoms with van der Waals surface area (Å²) in [5, 5.41) is 0. The quantitative estimate of drug-likeness (QED) is 0.879. The van der Waals surface area contributed by atoms with Crippen LogP contribution in [-0.2, 0) is 4.74 Å². The molecule has 2 rings (SSSR count). The van der Waals surface area contributed by atoms with E-state index in [1.807, 2.05) is 50.8 Å². The van der Waals surface area contributed by atoms with Crippen LogP contribution in [0.4, 0.5) is 4.79 Å². The molecule has 1 aliphatic rings. The van der Waals surface area contributed by atoms with Crippen LogP contribution in [0.3, 0.4) is 0 Å². The molecule has 1 aromatic rings. The number of benzene rings is 1. The van der Waals surface area contributed by atoms with Gasteiger partial charge in [0, 0.05) is 19.0 Å². The molecule has 140 valence electrons. The SMILES string of the molecule is CCOc1ccccc1C(CN)C1CCCN(C(=O)OC(C)(C)C)C1. The van der Waals surface area contributed by atoms with Crippen LogP contribution < -0.4 is 10.5 Å². The van der Waals surface area contributed by atoms with Crippen molar-refractivity contribution in [3.05, 3.63) is 29.8 Å². The van der Waals surface area contributed by atoms with E-state index < -0.39 is 5.60 Å². The highest BCUT2D eigenvalue weighted by molar-refractivity contribution is 5.68. The van der Waals surface area contributed by atoms with Crippen molar-refractivity contribution in [3.8, 4) is 5.75 Å². The second-order valence-corrected chi connectivity index (χ2v) is 7.64. The highest BCUT2D eigenvalue weighted by Gasteiger charge is 2.32. The van der Waals surface area contributed by atoms with Crippen LogP contribution >= 0.6 is 0 Å². The number of ether oxygens (including phenoxy) is 2. The first kappa shape index (κ1) is 19.6. The summed E-state index contributed by atoms with van der Waals surface area (Å²) in [4.78, 5) is 14.2. The summed E-state index contributed by atoms with van der Waals surface area (Å²) in [6, 6.07) is 8.09. The lowest BCUT2D eigenvalue weighted by Crippen LogP contribution is -2.45. The molecule has 1 aromatic carbocycles. The van der Waals surface area contributed by atoms with E-state index in [-0.39, 0.29) is 12.0 Å². The molecule has 0 aromatic heterocycles. The average molecular weight is 348 g/mol. The van der Waals surface area contributed by atoms with Crippen molar-refractivity contribution >= 4 is 6.09 Å². The zero-order valence-corrected chi connectivity index (χ0v) is 16.0. The molecule has 1 saturated heterocycles. The number of nitrogens with zero attached hydrogens (tertiary/aromatic N) is 1. The fraction of sp³-hybridized carbons (Fsp3) is 0.650. The molecule has 5 heteroatoms. The standard InChI is InChI=1S/C20H32N2O3/c1-5-24-18-11-7-6-10-16(18)17(13-21)15-9-8-12-22(14-15)19(23)25-20(2,3)4/h6-7,10-11,15,17H,5,8-9,12-14,21H2,1-4H3. The number of hydrogen-bond acceptors (Lipinski definition) is 4. The first-order valence-corrected chi connectivity index (χ1v) is 9.25. The molecule has 1 fully saturated rings. The molecule has 1 aliphatic heterocycles. The Morgan fingerprint density at radius 3 is 2.72 bits per heavy atom. The molecule has 0 aliphatic carbocycles. The predicted molar refractivity (Wildman–Crippen MR) is 99.9 cm³/mol. The third-order valence-electron chi connectivity index (χ3n) is 4.55. The summed E-state index contributed by atoms with van der Waals surface area (Å²) < 4.78 is 11.3. The Labute approximate surface area is 151 Å².